The largest absolute Gasteiger partial charge is 0.311 e. The van der Waals surface area contributed by atoms with Gasteiger partial charge in [0.05, 0.1) is 0 Å². The predicted molar refractivity (Wildman–Crippen MR) is 271 cm³/mol. The van der Waals surface area contributed by atoms with Gasteiger partial charge in [0, 0.05) is 22.5 Å². The Hall–Kier alpha value is -8.00. The first-order valence-electron chi connectivity index (χ1n) is 22.2. The number of hydrogen-bond donors (Lipinski definition) is 0. The van der Waals surface area contributed by atoms with Crippen molar-refractivity contribution < 1.29 is 0 Å². The Labute approximate surface area is 377 Å². The molecule has 1 aliphatic rings. The average Bonchev–Trinajstić information content (AvgIpc) is 3.60. The molecule has 0 radical (unpaired) electrons. The Morgan fingerprint density at radius 1 is 0.250 bits per heavy atom. The number of nitrogens with zero attached hydrogens (tertiary/aromatic N) is 1. The van der Waals surface area contributed by atoms with Crippen molar-refractivity contribution in [3.63, 3.8) is 0 Å². The molecule has 64 heavy (non-hydrogen) atoms. The van der Waals surface area contributed by atoms with Gasteiger partial charge in [0.25, 0.3) is 0 Å². The molecule has 1 nitrogen and oxygen atoms in total. The standard InChI is InChI=1S/C63H47N/c1-63(2)60-26-16-15-25-56(60)57-40-33-51(43-61(57)63)47-29-36-54(37-30-47)64(53-34-27-46(28-35-53)44-17-7-3-8-18-44)55-38-31-50(32-39-55)62-58(48-21-11-5-12-22-48)41-52(45-19-9-4-10-20-45)42-59(62)49-23-13-6-14-24-49/h3-43H,1-2H3. The minimum Gasteiger partial charge on any atom is -0.311 e. The quantitative estimate of drug-likeness (QED) is 0.140. The summed E-state index contributed by atoms with van der Waals surface area (Å²) in [5.41, 5.74) is 23.1. The fraction of sp³-hybridized carbons (Fsp3) is 0.0476. The second-order valence-electron chi connectivity index (χ2n) is 17.3. The van der Waals surface area contributed by atoms with Crippen LogP contribution in [0.2, 0.25) is 0 Å². The minimum atomic E-state index is -0.0512. The van der Waals surface area contributed by atoms with Crippen molar-refractivity contribution in [2.75, 3.05) is 4.90 Å². The Morgan fingerprint density at radius 3 is 1.11 bits per heavy atom. The first-order chi connectivity index (χ1) is 31.5. The highest BCUT2D eigenvalue weighted by molar-refractivity contribution is 5.98. The van der Waals surface area contributed by atoms with Gasteiger partial charge in [-0.25, -0.2) is 0 Å². The molecule has 0 bridgehead atoms. The molecule has 0 unspecified atom stereocenters. The van der Waals surface area contributed by atoms with E-state index < -0.39 is 0 Å². The fourth-order valence-corrected chi connectivity index (χ4v) is 9.79. The molecule has 0 fully saturated rings. The van der Waals surface area contributed by atoms with Crippen molar-refractivity contribution in [2.45, 2.75) is 19.3 Å². The van der Waals surface area contributed by atoms with Crippen LogP contribution in [0, 0.1) is 0 Å². The van der Waals surface area contributed by atoms with Gasteiger partial charge in [-0.2, -0.15) is 0 Å². The molecule has 0 spiro atoms. The van der Waals surface area contributed by atoms with Crippen LogP contribution in [0.25, 0.3) is 77.9 Å². The van der Waals surface area contributed by atoms with Crippen molar-refractivity contribution in [1.82, 2.24) is 0 Å². The summed E-state index contributed by atoms with van der Waals surface area (Å²) in [4.78, 5) is 2.37. The molecule has 0 amide bonds. The summed E-state index contributed by atoms with van der Waals surface area (Å²) in [6, 6.07) is 90.8. The molecule has 1 heteroatoms. The third kappa shape index (κ3) is 7.12. The summed E-state index contributed by atoms with van der Waals surface area (Å²) >= 11 is 0. The first-order valence-corrected chi connectivity index (χ1v) is 22.2. The smallest absolute Gasteiger partial charge is 0.0462 e. The summed E-state index contributed by atoms with van der Waals surface area (Å²) in [7, 11) is 0. The van der Waals surface area contributed by atoms with Gasteiger partial charge in [0.1, 0.15) is 0 Å². The molecular formula is C63H47N. The van der Waals surface area contributed by atoms with Gasteiger partial charge in [0.2, 0.25) is 0 Å². The van der Waals surface area contributed by atoms with E-state index in [1.807, 2.05) is 0 Å². The Kier molecular flexibility index (Phi) is 9.94. The third-order valence-corrected chi connectivity index (χ3v) is 13.1. The maximum atomic E-state index is 2.41. The maximum Gasteiger partial charge on any atom is 0.0462 e. The van der Waals surface area contributed by atoms with E-state index in [2.05, 4.69) is 267 Å². The highest BCUT2D eigenvalue weighted by Crippen LogP contribution is 2.50. The van der Waals surface area contributed by atoms with Crippen LogP contribution in [-0.4, -0.2) is 0 Å². The first kappa shape index (κ1) is 38.9. The van der Waals surface area contributed by atoms with Crippen LogP contribution in [0.3, 0.4) is 0 Å². The lowest BCUT2D eigenvalue weighted by Gasteiger charge is -2.27. The summed E-state index contributed by atoms with van der Waals surface area (Å²) < 4.78 is 0. The van der Waals surface area contributed by atoms with Crippen LogP contribution in [0.4, 0.5) is 17.1 Å². The van der Waals surface area contributed by atoms with E-state index in [1.54, 1.807) is 0 Å². The lowest BCUT2D eigenvalue weighted by Crippen LogP contribution is -2.14. The zero-order chi connectivity index (χ0) is 43.0. The third-order valence-electron chi connectivity index (χ3n) is 13.1. The van der Waals surface area contributed by atoms with E-state index in [0.717, 1.165) is 22.6 Å². The summed E-state index contributed by atoms with van der Waals surface area (Å²) in [6.07, 6.45) is 0. The van der Waals surface area contributed by atoms with Crippen LogP contribution in [0.15, 0.2) is 249 Å². The van der Waals surface area contributed by atoms with E-state index >= 15 is 0 Å². The zero-order valence-electron chi connectivity index (χ0n) is 36.1. The van der Waals surface area contributed by atoms with Crippen LogP contribution in [-0.2, 0) is 5.41 Å². The maximum absolute atomic E-state index is 2.41. The van der Waals surface area contributed by atoms with Crippen LogP contribution in [0.5, 0.6) is 0 Å². The predicted octanol–water partition coefficient (Wildman–Crippen LogP) is 17.5. The van der Waals surface area contributed by atoms with E-state index in [9.17, 15) is 0 Å². The number of benzene rings is 10. The van der Waals surface area contributed by atoms with Gasteiger partial charge in [0.15, 0.2) is 0 Å². The van der Waals surface area contributed by atoms with Crippen molar-refractivity contribution in [2.24, 2.45) is 0 Å². The molecule has 10 aromatic carbocycles. The van der Waals surface area contributed by atoms with Crippen molar-refractivity contribution in [3.8, 4) is 77.9 Å². The van der Waals surface area contributed by atoms with Crippen LogP contribution in [0.1, 0.15) is 25.0 Å². The van der Waals surface area contributed by atoms with Crippen molar-refractivity contribution in [1.29, 1.82) is 0 Å². The average molecular weight is 818 g/mol. The molecule has 0 saturated heterocycles. The summed E-state index contributed by atoms with van der Waals surface area (Å²) in [5, 5.41) is 0. The van der Waals surface area contributed by atoms with E-state index in [-0.39, 0.29) is 5.41 Å². The molecule has 10 aromatic rings. The normalized spacial score (nSPS) is 12.3. The molecule has 0 aromatic heterocycles. The lowest BCUT2D eigenvalue weighted by molar-refractivity contribution is 0.660. The number of fused-ring (bicyclic) bond motifs is 3. The van der Waals surface area contributed by atoms with Gasteiger partial charge >= 0.3 is 0 Å². The van der Waals surface area contributed by atoms with E-state index in [1.165, 1.54) is 83.5 Å². The fourth-order valence-electron chi connectivity index (χ4n) is 9.79. The van der Waals surface area contributed by atoms with E-state index in [4.69, 9.17) is 0 Å². The number of hydrogen-bond acceptors (Lipinski definition) is 1. The highest BCUT2D eigenvalue weighted by atomic mass is 15.1. The van der Waals surface area contributed by atoms with Gasteiger partial charge in [-0.3, -0.25) is 0 Å². The molecule has 0 N–H and O–H groups in total. The van der Waals surface area contributed by atoms with Crippen molar-refractivity contribution >= 4 is 17.1 Å². The lowest BCUT2D eigenvalue weighted by atomic mass is 9.81. The topological polar surface area (TPSA) is 3.24 Å². The monoisotopic (exact) mass is 817 g/mol. The summed E-state index contributed by atoms with van der Waals surface area (Å²) in [6.45, 7) is 4.70. The summed E-state index contributed by atoms with van der Waals surface area (Å²) in [5.74, 6) is 0. The molecule has 11 rings (SSSR count). The van der Waals surface area contributed by atoms with Gasteiger partial charge in [-0.1, -0.05) is 208 Å². The Morgan fingerprint density at radius 2 is 0.609 bits per heavy atom. The van der Waals surface area contributed by atoms with Gasteiger partial charge < -0.3 is 4.90 Å². The van der Waals surface area contributed by atoms with Gasteiger partial charge in [-0.05, 0) is 144 Å². The minimum absolute atomic E-state index is 0.0512. The van der Waals surface area contributed by atoms with Gasteiger partial charge in [-0.15, -0.1) is 0 Å². The SMILES string of the molecule is CC1(C)c2ccccc2-c2ccc(-c3ccc(N(c4ccc(-c5ccccc5)cc4)c4ccc(-c5c(-c6ccccc6)cc(-c6ccccc6)cc5-c5ccccc5)cc4)cc3)cc21. The molecular weight excluding hydrogens is 771 g/mol. The molecule has 0 saturated carbocycles. The second kappa shape index (κ2) is 16.4. The van der Waals surface area contributed by atoms with Crippen LogP contribution >= 0.6 is 0 Å². The Bertz CT molecular complexity index is 3160. The van der Waals surface area contributed by atoms with Crippen LogP contribution < -0.4 is 4.90 Å². The zero-order valence-corrected chi connectivity index (χ0v) is 36.1. The van der Waals surface area contributed by atoms with E-state index in [0.29, 0.717) is 0 Å². The molecule has 0 atom stereocenters. The Balaban J connectivity index is 1.02. The molecule has 0 heterocycles. The number of rotatable bonds is 9. The highest BCUT2D eigenvalue weighted by Gasteiger charge is 2.35. The number of anilines is 3. The van der Waals surface area contributed by atoms with Crippen molar-refractivity contribution in [3.05, 3.63) is 260 Å². The molecule has 1 aliphatic carbocycles. The second-order valence-corrected chi connectivity index (χ2v) is 17.3. The molecule has 304 valence electrons. The molecule has 0 aliphatic heterocycles.